The van der Waals surface area contributed by atoms with Crippen molar-refractivity contribution in [2.75, 3.05) is 10.6 Å². The molecule has 0 unspecified atom stereocenters. The van der Waals surface area contributed by atoms with Crippen LogP contribution in [0.3, 0.4) is 0 Å². The largest absolute Gasteiger partial charge is 0.478 e. The average molecular weight is 352 g/mol. The van der Waals surface area contributed by atoms with Crippen molar-refractivity contribution in [1.82, 2.24) is 0 Å². The first-order chi connectivity index (χ1) is 12.6. The molecule has 3 rings (SSSR count). The molecule has 26 heavy (non-hydrogen) atoms. The van der Waals surface area contributed by atoms with Crippen LogP contribution in [-0.2, 0) is 0 Å². The molecule has 0 bridgehead atoms. The molecule has 0 aromatic heterocycles. The lowest BCUT2D eigenvalue weighted by atomic mass is 9.94. The molecule has 0 atom stereocenters. The van der Waals surface area contributed by atoms with Gasteiger partial charge in [0.15, 0.2) is 0 Å². The maximum Gasteiger partial charge on any atom is 0.337 e. The first-order valence-electron chi connectivity index (χ1n) is 9.06. The lowest BCUT2D eigenvalue weighted by molar-refractivity contribution is 0.0698. The SMILES string of the molecule is Cc1cccc(NC2CCCCC2)c1C(=O)Nc1ccccc1C(=O)O. The number of aromatic carboxylic acids is 1. The molecule has 2 aromatic rings. The molecule has 1 saturated carbocycles. The average Bonchev–Trinajstić information content (AvgIpc) is 2.63. The minimum Gasteiger partial charge on any atom is -0.478 e. The van der Waals surface area contributed by atoms with Crippen molar-refractivity contribution in [2.45, 2.75) is 45.1 Å². The lowest BCUT2D eigenvalue weighted by Crippen LogP contribution is -2.25. The van der Waals surface area contributed by atoms with Crippen LogP contribution in [0.25, 0.3) is 0 Å². The molecule has 0 saturated heterocycles. The van der Waals surface area contributed by atoms with Crippen LogP contribution in [0.15, 0.2) is 42.5 Å². The molecule has 1 aliphatic rings. The Morgan fingerprint density at radius 3 is 2.38 bits per heavy atom. The second-order valence-electron chi connectivity index (χ2n) is 6.78. The van der Waals surface area contributed by atoms with E-state index in [0.717, 1.165) is 24.1 Å². The highest BCUT2D eigenvalue weighted by Crippen LogP contribution is 2.27. The van der Waals surface area contributed by atoms with Gasteiger partial charge in [0.2, 0.25) is 0 Å². The maximum atomic E-state index is 12.9. The highest BCUT2D eigenvalue weighted by Gasteiger charge is 2.20. The summed E-state index contributed by atoms with van der Waals surface area (Å²) in [6, 6.07) is 12.6. The summed E-state index contributed by atoms with van der Waals surface area (Å²) in [6.45, 7) is 1.89. The summed E-state index contributed by atoms with van der Waals surface area (Å²) in [4.78, 5) is 24.3. The van der Waals surface area contributed by atoms with E-state index in [1.54, 1.807) is 18.2 Å². The molecule has 1 aliphatic carbocycles. The number of carboxylic acid groups (broad SMARTS) is 1. The predicted molar refractivity (Wildman–Crippen MR) is 103 cm³/mol. The van der Waals surface area contributed by atoms with E-state index in [1.165, 1.54) is 25.3 Å². The van der Waals surface area contributed by atoms with Crippen molar-refractivity contribution in [3.8, 4) is 0 Å². The van der Waals surface area contributed by atoms with E-state index in [1.807, 2.05) is 25.1 Å². The highest BCUT2D eigenvalue weighted by atomic mass is 16.4. The second-order valence-corrected chi connectivity index (χ2v) is 6.78. The quantitative estimate of drug-likeness (QED) is 0.729. The van der Waals surface area contributed by atoms with Crippen molar-refractivity contribution in [3.63, 3.8) is 0 Å². The Bertz CT molecular complexity index is 811. The van der Waals surface area contributed by atoms with Crippen LogP contribution in [0.1, 0.15) is 58.4 Å². The molecule has 1 amide bonds. The third kappa shape index (κ3) is 4.04. The van der Waals surface area contributed by atoms with Crippen LogP contribution < -0.4 is 10.6 Å². The molecule has 5 nitrogen and oxygen atoms in total. The van der Waals surface area contributed by atoms with Crippen LogP contribution >= 0.6 is 0 Å². The predicted octanol–water partition coefficient (Wildman–Crippen LogP) is 4.69. The van der Waals surface area contributed by atoms with Crippen molar-refractivity contribution < 1.29 is 14.7 Å². The van der Waals surface area contributed by atoms with Gasteiger partial charge < -0.3 is 15.7 Å². The van der Waals surface area contributed by atoms with E-state index in [4.69, 9.17) is 0 Å². The molecule has 3 N–H and O–H groups in total. The molecule has 2 aromatic carbocycles. The summed E-state index contributed by atoms with van der Waals surface area (Å²) in [7, 11) is 0. The molecular weight excluding hydrogens is 328 g/mol. The van der Waals surface area contributed by atoms with Crippen LogP contribution in [0.2, 0.25) is 0 Å². The Morgan fingerprint density at radius 1 is 0.962 bits per heavy atom. The van der Waals surface area contributed by atoms with Gasteiger partial charge in [-0.3, -0.25) is 4.79 Å². The fraction of sp³-hybridized carbons (Fsp3) is 0.333. The lowest BCUT2D eigenvalue weighted by Gasteiger charge is -2.25. The number of hydrogen-bond acceptors (Lipinski definition) is 3. The summed E-state index contributed by atoms with van der Waals surface area (Å²) in [6.07, 6.45) is 5.90. The zero-order valence-electron chi connectivity index (χ0n) is 14.9. The number of para-hydroxylation sites is 1. The first-order valence-corrected chi connectivity index (χ1v) is 9.06. The molecule has 1 fully saturated rings. The summed E-state index contributed by atoms with van der Waals surface area (Å²) in [5.41, 5.74) is 2.62. The normalized spacial score (nSPS) is 14.7. The summed E-state index contributed by atoms with van der Waals surface area (Å²) in [5.74, 6) is -1.36. The number of carbonyl (C=O) groups is 2. The zero-order chi connectivity index (χ0) is 18.5. The van der Waals surface area contributed by atoms with E-state index in [0.29, 0.717) is 17.3 Å². The number of carbonyl (C=O) groups excluding carboxylic acids is 1. The molecule has 5 heteroatoms. The number of amides is 1. The third-order valence-electron chi connectivity index (χ3n) is 4.87. The molecule has 136 valence electrons. The fourth-order valence-electron chi connectivity index (χ4n) is 3.52. The van der Waals surface area contributed by atoms with E-state index >= 15 is 0 Å². The van der Waals surface area contributed by atoms with Gasteiger partial charge in [-0.2, -0.15) is 0 Å². The van der Waals surface area contributed by atoms with Gasteiger partial charge >= 0.3 is 5.97 Å². The molecule has 0 radical (unpaired) electrons. The number of carboxylic acids is 1. The summed E-state index contributed by atoms with van der Waals surface area (Å²) in [5, 5.41) is 15.6. The Kier molecular flexibility index (Phi) is 5.56. The molecular formula is C21H24N2O3. The minimum absolute atomic E-state index is 0.0798. The van der Waals surface area contributed by atoms with E-state index in [2.05, 4.69) is 10.6 Å². The smallest absolute Gasteiger partial charge is 0.337 e. The zero-order valence-corrected chi connectivity index (χ0v) is 14.9. The van der Waals surface area contributed by atoms with Crippen molar-refractivity contribution in [3.05, 3.63) is 59.2 Å². The van der Waals surface area contributed by atoms with E-state index in [-0.39, 0.29) is 11.5 Å². The van der Waals surface area contributed by atoms with Gasteiger partial charge in [-0.1, -0.05) is 43.5 Å². The van der Waals surface area contributed by atoms with Gasteiger partial charge in [-0.15, -0.1) is 0 Å². The van der Waals surface area contributed by atoms with Gasteiger partial charge in [0.25, 0.3) is 5.91 Å². The van der Waals surface area contributed by atoms with Gasteiger partial charge in [0, 0.05) is 11.7 Å². The molecule has 0 spiro atoms. The number of anilines is 2. The Labute approximate surface area is 153 Å². The molecule has 0 heterocycles. The van der Waals surface area contributed by atoms with Crippen LogP contribution in [0, 0.1) is 6.92 Å². The monoisotopic (exact) mass is 352 g/mol. The highest BCUT2D eigenvalue weighted by molar-refractivity contribution is 6.11. The van der Waals surface area contributed by atoms with Gasteiger partial charge in [0.1, 0.15) is 0 Å². The standard InChI is InChI=1S/C21H24N2O3/c1-14-8-7-13-18(22-15-9-3-2-4-10-15)19(14)20(24)23-17-12-6-5-11-16(17)21(25)26/h5-8,11-13,15,22H,2-4,9-10H2,1H3,(H,23,24)(H,25,26). The van der Waals surface area contributed by atoms with Gasteiger partial charge in [0.05, 0.1) is 16.8 Å². The fourth-order valence-corrected chi connectivity index (χ4v) is 3.52. The van der Waals surface area contributed by atoms with Crippen molar-refractivity contribution in [2.24, 2.45) is 0 Å². The van der Waals surface area contributed by atoms with Gasteiger partial charge in [-0.05, 0) is 43.5 Å². The number of rotatable bonds is 5. The molecule has 0 aliphatic heterocycles. The second kappa shape index (κ2) is 8.04. The summed E-state index contributed by atoms with van der Waals surface area (Å²) >= 11 is 0. The Balaban J connectivity index is 1.86. The van der Waals surface area contributed by atoms with Crippen molar-refractivity contribution >= 4 is 23.3 Å². The van der Waals surface area contributed by atoms with E-state index in [9.17, 15) is 14.7 Å². The van der Waals surface area contributed by atoms with Crippen LogP contribution in [-0.4, -0.2) is 23.0 Å². The van der Waals surface area contributed by atoms with Crippen LogP contribution in [0.5, 0.6) is 0 Å². The number of aryl methyl sites for hydroxylation is 1. The number of nitrogens with one attached hydrogen (secondary N) is 2. The van der Waals surface area contributed by atoms with Crippen molar-refractivity contribution in [1.29, 1.82) is 0 Å². The number of benzene rings is 2. The first kappa shape index (κ1) is 18.0. The van der Waals surface area contributed by atoms with Crippen LogP contribution in [0.4, 0.5) is 11.4 Å². The Hall–Kier alpha value is -2.82. The topological polar surface area (TPSA) is 78.4 Å². The minimum atomic E-state index is -1.06. The third-order valence-corrected chi connectivity index (χ3v) is 4.87. The van der Waals surface area contributed by atoms with E-state index < -0.39 is 5.97 Å². The maximum absolute atomic E-state index is 12.9. The summed E-state index contributed by atoms with van der Waals surface area (Å²) < 4.78 is 0. The van der Waals surface area contributed by atoms with Gasteiger partial charge in [-0.25, -0.2) is 4.79 Å². The Morgan fingerprint density at radius 2 is 1.65 bits per heavy atom. The number of hydrogen-bond donors (Lipinski definition) is 3.